The highest BCUT2D eigenvalue weighted by atomic mass is 16.5. The molecule has 1 saturated carbocycles. The van der Waals surface area contributed by atoms with Gasteiger partial charge in [-0.25, -0.2) is 0 Å². The van der Waals surface area contributed by atoms with E-state index in [1.165, 1.54) is 32.5 Å². The summed E-state index contributed by atoms with van der Waals surface area (Å²) in [5.41, 5.74) is 8.62. The summed E-state index contributed by atoms with van der Waals surface area (Å²) in [5, 5.41) is 0. The molecule has 3 heterocycles. The standard InChI is InChI=1S/C23H32N2O3/c24-21-5-3-18(23-17(21)2-1-9-28-23)22(26)6-4-16-19-13-25(14-20(16)19)12-15-7-10-27-11-8-15/h3,5,15-16,19-20H,1-2,4,6-14,24H2. The van der Waals surface area contributed by atoms with E-state index in [9.17, 15) is 4.79 Å². The number of likely N-dealkylation sites (tertiary alicyclic amines) is 1. The smallest absolute Gasteiger partial charge is 0.166 e. The number of hydrogen-bond acceptors (Lipinski definition) is 5. The lowest BCUT2D eigenvalue weighted by Crippen LogP contribution is -2.33. The van der Waals surface area contributed by atoms with Crippen LogP contribution in [0.1, 0.15) is 48.0 Å². The molecule has 28 heavy (non-hydrogen) atoms. The number of Topliss-reactive ketones (excluding diaryl/α,β-unsaturated/α-hetero) is 1. The van der Waals surface area contributed by atoms with Gasteiger partial charge in [0.05, 0.1) is 12.2 Å². The number of rotatable bonds is 6. The summed E-state index contributed by atoms with van der Waals surface area (Å²) in [4.78, 5) is 15.5. The number of fused-ring (bicyclic) bond motifs is 2. The molecule has 1 aromatic carbocycles. The molecule has 2 N–H and O–H groups in total. The van der Waals surface area contributed by atoms with E-state index in [2.05, 4.69) is 4.90 Å². The van der Waals surface area contributed by atoms with Gasteiger partial charge in [0.2, 0.25) is 0 Å². The molecule has 3 aliphatic heterocycles. The molecule has 1 aliphatic carbocycles. The van der Waals surface area contributed by atoms with Gasteiger partial charge in [0.1, 0.15) is 5.75 Å². The maximum Gasteiger partial charge on any atom is 0.166 e. The topological polar surface area (TPSA) is 64.8 Å². The second-order valence-corrected chi connectivity index (χ2v) is 9.19. The number of hydrogen-bond donors (Lipinski definition) is 1. The number of nitrogens with two attached hydrogens (primary N) is 1. The minimum Gasteiger partial charge on any atom is -0.492 e. The Morgan fingerprint density at radius 1 is 1.14 bits per heavy atom. The van der Waals surface area contributed by atoms with Gasteiger partial charge in [0.25, 0.3) is 0 Å². The Bertz CT molecular complexity index is 732. The van der Waals surface area contributed by atoms with E-state index in [1.807, 2.05) is 12.1 Å². The first-order valence-electron chi connectivity index (χ1n) is 11.1. The van der Waals surface area contributed by atoms with Gasteiger partial charge in [0, 0.05) is 50.5 Å². The number of ether oxygens (including phenoxy) is 2. The van der Waals surface area contributed by atoms with Crippen molar-refractivity contribution in [3.8, 4) is 5.75 Å². The highest BCUT2D eigenvalue weighted by Gasteiger charge is 2.54. The molecular formula is C23H32N2O3. The average molecular weight is 385 g/mol. The Labute approximate surface area is 167 Å². The van der Waals surface area contributed by atoms with Gasteiger partial charge in [-0.2, -0.15) is 0 Å². The Balaban J connectivity index is 1.12. The second kappa shape index (κ2) is 7.68. The lowest BCUT2D eigenvalue weighted by Gasteiger charge is -2.28. The molecule has 4 aliphatic rings. The molecule has 5 nitrogen and oxygen atoms in total. The normalized spacial score (nSPS) is 29.8. The summed E-state index contributed by atoms with van der Waals surface area (Å²) < 4.78 is 11.3. The maximum absolute atomic E-state index is 12.9. The first-order chi connectivity index (χ1) is 13.7. The molecule has 0 spiro atoms. The van der Waals surface area contributed by atoms with E-state index in [4.69, 9.17) is 15.2 Å². The second-order valence-electron chi connectivity index (χ2n) is 9.19. The van der Waals surface area contributed by atoms with E-state index in [0.29, 0.717) is 13.0 Å². The summed E-state index contributed by atoms with van der Waals surface area (Å²) >= 11 is 0. The number of piperidine rings is 1. The number of nitrogen functional groups attached to an aromatic ring is 1. The number of nitrogens with zero attached hydrogens (tertiary/aromatic N) is 1. The van der Waals surface area contributed by atoms with Crippen molar-refractivity contribution in [1.82, 2.24) is 4.90 Å². The maximum atomic E-state index is 12.9. The van der Waals surface area contributed by atoms with E-state index in [-0.39, 0.29) is 5.78 Å². The fourth-order valence-corrected chi connectivity index (χ4v) is 5.75. The van der Waals surface area contributed by atoms with Crippen LogP contribution in [0.4, 0.5) is 5.69 Å². The summed E-state index contributed by atoms with van der Waals surface area (Å²) in [6.07, 6.45) is 5.99. The zero-order valence-electron chi connectivity index (χ0n) is 16.7. The highest BCUT2D eigenvalue weighted by Crippen LogP contribution is 2.54. The number of carbonyl (C=O) groups excluding carboxylic acids is 1. The van der Waals surface area contributed by atoms with Gasteiger partial charge in [-0.3, -0.25) is 4.79 Å². The Hall–Kier alpha value is -1.59. The van der Waals surface area contributed by atoms with Gasteiger partial charge in [-0.1, -0.05) is 0 Å². The van der Waals surface area contributed by atoms with Crippen LogP contribution in [0, 0.1) is 23.7 Å². The molecule has 0 aromatic heterocycles. The predicted octanol–water partition coefficient (Wildman–Crippen LogP) is 3.16. The van der Waals surface area contributed by atoms with E-state index in [0.717, 1.165) is 78.7 Å². The molecular weight excluding hydrogens is 352 g/mol. The van der Waals surface area contributed by atoms with Crippen molar-refractivity contribution < 1.29 is 14.3 Å². The summed E-state index contributed by atoms with van der Waals surface area (Å²) in [6.45, 7) is 6.29. The third-order valence-corrected chi connectivity index (χ3v) is 7.42. The van der Waals surface area contributed by atoms with Crippen LogP contribution < -0.4 is 10.5 Å². The Morgan fingerprint density at radius 3 is 2.71 bits per heavy atom. The van der Waals surface area contributed by atoms with Crippen molar-refractivity contribution in [2.75, 3.05) is 45.2 Å². The Kier molecular flexibility index (Phi) is 5.06. The number of benzene rings is 1. The van der Waals surface area contributed by atoms with Crippen LogP contribution in [0.5, 0.6) is 5.75 Å². The third kappa shape index (κ3) is 3.55. The number of anilines is 1. The zero-order chi connectivity index (χ0) is 19.1. The highest BCUT2D eigenvalue weighted by molar-refractivity contribution is 5.99. The summed E-state index contributed by atoms with van der Waals surface area (Å²) in [6, 6.07) is 3.74. The summed E-state index contributed by atoms with van der Waals surface area (Å²) in [5.74, 6) is 4.20. The summed E-state index contributed by atoms with van der Waals surface area (Å²) in [7, 11) is 0. The van der Waals surface area contributed by atoms with Crippen LogP contribution in [0.2, 0.25) is 0 Å². The monoisotopic (exact) mass is 384 g/mol. The van der Waals surface area contributed by atoms with Crippen molar-refractivity contribution in [2.45, 2.75) is 38.5 Å². The van der Waals surface area contributed by atoms with Crippen molar-refractivity contribution >= 4 is 11.5 Å². The quantitative estimate of drug-likeness (QED) is 0.603. The molecule has 2 saturated heterocycles. The van der Waals surface area contributed by atoms with E-state index >= 15 is 0 Å². The lowest BCUT2D eigenvalue weighted by molar-refractivity contribution is 0.0535. The molecule has 5 rings (SSSR count). The van der Waals surface area contributed by atoms with Crippen molar-refractivity contribution in [1.29, 1.82) is 0 Å². The first-order valence-corrected chi connectivity index (χ1v) is 11.1. The van der Waals surface area contributed by atoms with Crippen molar-refractivity contribution in [3.05, 3.63) is 23.3 Å². The molecule has 2 atom stereocenters. The predicted molar refractivity (Wildman–Crippen MR) is 109 cm³/mol. The number of ketones is 1. The van der Waals surface area contributed by atoms with Crippen LogP contribution in [0.25, 0.3) is 0 Å². The molecule has 0 amide bonds. The van der Waals surface area contributed by atoms with Crippen LogP contribution in [0.3, 0.4) is 0 Å². The zero-order valence-corrected chi connectivity index (χ0v) is 16.7. The fraction of sp³-hybridized carbons (Fsp3) is 0.696. The first kappa shape index (κ1) is 18.4. The van der Waals surface area contributed by atoms with Gasteiger partial charge in [0.15, 0.2) is 5.78 Å². The van der Waals surface area contributed by atoms with Gasteiger partial charge in [-0.05, 0) is 67.9 Å². The largest absolute Gasteiger partial charge is 0.492 e. The Morgan fingerprint density at radius 2 is 1.93 bits per heavy atom. The van der Waals surface area contributed by atoms with Gasteiger partial charge < -0.3 is 20.1 Å². The molecule has 3 fully saturated rings. The van der Waals surface area contributed by atoms with Gasteiger partial charge >= 0.3 is 0 Å². The van der Waals surface area contributed by atoms with Crippen LogP contribution >= 0.6 is 0 Å². The van der Waals surface area contributed by atoms with E-state index < -0.39 is 0 Å². The van der Waals surface area contributed by atoms with Crippen molar-refractivity contribution in [3.63, 3.8) is 0 Å². The van der Waals surface area contributed by atoms with Crippen LogP contribution in [0.15, 0.2) is 12.1 Å². The molecule has 0 bridgehead atoms. The number of carbonyl (C=O) groups is 1. The third-order valence-electron chi connectivity index (χ3n) is 7.42. The minimum absolute atomic E-state index is 0.224. The molecule has 152 valence electrons. The van der Waals surface area contributed by atoms with Gasteiger partial charge in [-0.15, -0.1) is 0 Å². The SMILES string of the molecule is Nc1ccc(C(=O)CCC2C3CN(CC4CCOCC4)CC23)c2c1CCCO2. The molecule has 0 radical (unpaired) electrons. The molecule has 5 heteroatoms. The van der Waals surface area contributed by atoms with Crippen LogP contribution in [-0.4, -0.2) is 50.1 Å². The minimum atomic E-state index is 0.224. The average Bonchev–Trinajstić information content (AvgIpc) is 3.18. The lowest BCUT2D eigenvalue weighted by atomic mass is 9.95. The van der Waals surface area contributed by atoms with Crippen LogP contribution in [-0.2, 0) is 11.2 Å². The molecule has 2 unspecified atom stereocenters. The van der Waals surface area contributed by atoms with E-state index in [1.54, 1.807) is 0 Å². The van der Waals surface area contributed by atoms with Crippen molar-refractivity contribution in [2.24, 2.45) is 23.7 Å². The molecule has 1 aromatic rings. The fourth-order valence-electron chi connectivity index (χ4n) is 5.75.